The van der Waals surface area contributed by atoms with Crippen molar-refractivity contribution < 1.29 is 4.79 Å². The predicted molar refractivity (Wildman–Crippen MR) is 95.0 cm³/mol. The normalized spacial score (nSPS) is 23.6. The van der Waals surface area contributed by atoms with E-state index in [-0.39, 0.29) is 18.1 Å². The molecule has 0 bridgehead atoms. The zero-order valence-electron chi connectivity index (χ0n) is 14.1. The maximum Gasteiger partial charge on any atom is 0.247 e. The van der Waals surface area contributed by atoms with Gasteiger partial charge in [-0.25, -0.2) is 4.98 Å². The van der Waals surface area contributed by atoms with E-state index in [9.17, 15) is 4.79 Å². The van der Waals surface area contributed by atoms with Gasteiger partial charge in [-0.15, -0.1) is 0 Å². The van der Waals surface area contributed by atoms with E-state index in [1.807, 2.05) is 37.2 Å². The number of amides is 1. The van der Waals surface area contributed by atoms with Gasteiger partial charge in [-0.2, -0.15) is 0 Å². The lowest BCUT2D eigenvalue weighted by molar-refractivity contribution is -0.119. The smallest absolute Gasteiger partial charge is 0.247 e. The number of fused-ring (bicyclic) bond motifs is 1. The van der Waals surface area contributed by atoms with Crippen molar-refractivity contribution in [3.8, 4) is 0 Å². The van der Waals surface area contributed by atoms with Gasteiger partial charge in [0.1, 0.15) is 12.0 Å². The molecule has 0 spiro atoms. The van der Waals surface area contributed by atoms with Crippen LogP contribution in [0.15, 0.2) is 48.7 Å². The molecule has 1 amide bonds. The molecule has 1 aromatic heterocycles. The van der Waals surface area contributed by atoms with Crippen LogP contribution in [-0.4, -0.2) is 42.5 Å². The molecule has 124 valence electrons. The quantitative estimate of drug-likeness (QED) is 0.871. The summed E-state index contributed by atoms with van der Waals surface area (Å²) in [6, 6.07) is 14.2. The van der Waals surface area contributed by atoms with Crippen LogP contribution in [0.4, 0.5) is 11.5 Å². The van der Waals surface area contributed by atoms with Gasteiger partial charge in [0.05, 0.1) is 6.04 Å². The molecular weight excluding hydrogens is 300 g/mol. The second kappa shape index (κ2) is 5.91. The van der Waals surface area contributed by atoms with E-state index in [0.717, 1.165) is 36.5 Å². The molecule has 0 aliphatic carbocycles. The van der Waals surface area contributed by atoms with Crippen LogP contribution in [0.3, 0.4) is 0 Å². The number of pyridine rings is 1. The molecular formula is C19H22N4O. The van der Waals surface area contributed by atoms with Crippen molar-refractivity contribution in [2.75, 3.05) is 30.4 Å². The van der Waals surface area contributed by atoms with Gasteiger partial charge in [-0.1, -0.05) is 18.2 Å². The average molecular weight is 322 g/mol. The Hall–Kier alpha value is -2.40. The highest BCUT2D eigenvalue weighted by Crippen LogP contribution is 2.41. The SMILES string of the molecule is CN(C)c1ccc([C@H]2N(c3ccccn3)C(=O)[C@@H]3CCCN32)cc1. The molecule has 0 radical (unpaired) electrons. The first-order valence-electron chi connectivity index (χ1n) is 8.44. The Morgan fingerprint density at radius 1 is 1.12 bits per heavy atom. The minimum atomic E-state index is -0.0592. The van der Waals surface area contributed by atoms with Crippen LogP contribution in [0, 0.1) is 0 Å². The number of hydrogen-bond donors (Lipinski definition) is 0. The molecule has 0 N–H and O–H groups in total. The van der Waals surface area contributed by atoms with Crippen LogP contribution in [-0.2, 0) is 4.79 Å². The largest absolute Gasteiger partial charge is 0.378 e. The van der Waals surface area contributed by atoms with Crippen molar-refractivity contribution in [3.05, 3.63) is 54.2 Å². The minimum absolute atomic E-state index is 0.00877. The Morgan fingerprint density at radius 2 is 1.92 bits per heavy atom. The Bertz CT molecular complexity index is 729. The third-order valence-corrected chi connectivity index (χ3v) is 4.98. The summed E-state index contributed by atoms with van der Waals surface area (Å²) in [6.45, 7) is 0.958. The third kappa shape index (κ3) is 2.36. The Kier molecular flexibility index (Phi) is 3.73. The van der Waals surface area contributed by atoms with Gasteiger partial charge in [0.15, 0.2) is 0 Å². The summed E-state index contributed by atoms with van der Waals surface area (Å²) in [5.41, 5.74) is 2.30. The molecule has 4 rings (SSSR count). The van der Waals surface area contributed by atoms with E-state index in [1.54, 1.807) is 6.20 Å². The molecule has 2 aliphatic rings. The van der Waals surface area contributed by atoms with Gasteiger partial charge in [0.2, 0.25) is 5.91 Å². The summed E-state index contributed by atoms with van der Waals surface area (Å²) in [5, 5.41) is 0. The minimum Gasteiger partial charge on any atom is -0.378 e. The van der Waals surface area contributed by atoms with Crippen LogP contribution in [0.1, 0.15) is 24.6 Å². The first-order valence-corrected chi connectivity index (χ1v) is 8.44. The van der Waals surface area contributed by atoms with Gasteiger partial charge in [0, 0.05) is 32.5 Å². The maximum absolute atomic E-state index is 13.0. The van der Waals surface area contributed by atoms with Gasteiger partial charge in [-0.05, 0) is 42.7 Å². The van der Waals surface area contributed by atoms with E-state index >= 15 is 0 Å². The van der Waals surface area contributed by atoms with Gasteiger partial charge in [-0.3, -0.25) is 14.6 Å². The Morgan fingerprint density at radius 3 is 2.58 bits per heavy atom. The first-order chi connectivity index (χ1) is 11.7. The molecule has 5 heteroatoms. The van der Waals surface area contributed by atoms with E-state index < -0.39 is 0 Å². The molecule has 2 aliphatic heterocycles. The molecule has 5 nitrogen and oxygen atoms in total. The van der Waals surface area contributed by atoms with Gasteiger partial charge >= 0.3 is 0 Å². The molecule has 24 heavy (non-hydrogen) atoms. The van der Waals surface area contributed by atoms with Crippen LogP contribution >= 0.6 is 0 Å². The lowest BCUT2D eigenvalue weighted by Gasteiger charge is -2.29. The summed E-state index contributed by atoms with van der Waals surface area (Å²) < 4.78 is 0. The molecule has 2 saturated heterocycles. The van der Waals surface area contributed by atoms with E-state index in [1.165, 1.54) is 0 Å². The fourth-order valence-electron chi connectivity index (χ4n) is 3.80. The number of anilines is 2. The van der Waals surface area contributed by atoms with Crippen LogP contribution in [0.25, 0.3) is 0 Å². The number of nitrogens with zero attached hydrogens (tertiary/aromatic N) is 4. The molecule has 0 unspecified atom stereocenters. The molecule has 2 aromatic rings. The molecule has 2 fully saturated rings. The number of benzene rings is 1. The standard InChI is InChI=1S/C19H22N4O/c1-21(2)15-10-8-14(9-11-15)18-22-13-5-6-16(22)19(24)23(18)17-7-3-4-12-20-17/h3-4,7-12,16,18H,5-6,13H2,1-2H3/t16-,18+/m0/s1. The second-order valence-corrected chi connectivity index (χ2v) is 6.65. The lowest BCUT2D eigenvalue weighted by Crippen LogP contribution is -2.32. The number of rotatable bonds is 3. The van der Waals surface area contributed by atoms with E-state index in [4.69, 9.17) is 0 Å². The summed E-state index contributed by atoms with van der Waals surface area (Å²) in [5.74, 6) is 0.909. The monoisotopic (exact) mass is 322 g/mol. The van der Waals surface area contributed by atoms with Crippen molar-refractivity contribution in [3.63, 3.8) is 0 Å². The first kappa shape index (κ1) is 15.1. The van der Waals surface area contributed by atoms with Crippen molar-refractivity contribution >= 4 is 17.4 Å². The zero-order valence-corrected chi connectivity index (χ0v) is 14.1. The summed E-state index contributed by atoms with van der Waals surface area (Å²) in [6.07, 6.45) is 3.71. The summed E-state index contributed by atoms with van der Waals surface area (Å²) in [4.78, 5) is 23.7. The summed E-state index contributed by atoms with van der Waals surface area (Å²) in [7, 11) is 4.07. The summed E-state index contributed by atoms with van der Waals surface area (Å²) >= 11 is 0. The van der Waals surface area contributed by atoms with Crippen molar-refractivity contribution in [2.24, 2.45) is 0 Å². The van der Waals surface area contributed by atoms with E-state index in [2.05, 4.69) is 39.0 Å². The maximum atomic E-state index is 13.0. The third-order valence-electron chi connectivity index (χ3n) is 4.98. The van der Waals surface area contributed by atoms with Crippen LogP contribution in [0.5, 0.6) is 0 Å². The zero-order chi connectivity index (χ0) is 16.7. The molecule has 2 atom stereocenters. The van der Waals surface area contributed by atoms with Crippen LogP contribution < -0.4 is 9.80 Å². The average Bonchev–Trinajstić information content (AvgIpc) is 3.18. The Labute approximate surface area is 142 Å². The van der Waals surface area contributed by atoms with Crippen molar-refractivity contribution in [1.82, 2.24) is 9.88 Å². The predicted octanol–water partition coefficient (Wildman–Crippen LogP) is 2.66. The van der Waals surface area contributed by atoms with Crippen LogP contribution in [0.2, 0.25) is 0 Å². The topological polar surface area (TPSA) is 39.7 Å². The van der Waals surface area contributed by atoms with Crippen molar-refractivity contribution in [1.29, 1.82) is 0 Å². The molecule has 3 heterocycles. The van der Waals surface area contributed by atoms with Crippen molar-refractivity contribution in [2.45, 2.75) is 25.0 Å². The fraction of sp³-hybridized carbons (Fsp3) is 0.368. The highest BCUT2D eigenvalue weighted by Gasteiger charge is 2.49. The number of aromatic nitrogens is 1. The van der Waals surface area contributed by atoms with Gasteiger partial charge < -0.3 is 4.90 Å². The Balaban J connectivity index is 1.75. The van der Waals surface area contributed by atoms with Gasteiger partial charge in [0.25, 0.3) is 0 Å². The molecule has 1 aromatic carbocycles. The molecule has 0 saturated carbocycles. The second-order valence-electron chi connectivity index (χ2n) is 6.65. The number of carbonyl (C=O) groups is 1. The number of hydrogen-bond acceptors (Lipinski definition) is 4. The lowest BCUT2D eigenvalue weighted by atomic mass is 10.1. The number of carbonyl (C=O) groups excluding carboxylic acids is 1. The highest BCUT2D eigenvalue weighted by molar-refractivity contribution is 5.99. The highest BCUT2D eigenvalue weighted by atomic mass is 16.2. The van der Waals surface area contributed by atoms with E-state index in [0.29, 0.717) is 0 Å². The fourth-order valence-corrected chi connectivity index (χ4v) is 3.80.